The van der Waals surface area contributed by atoms with Crippen LogP contribution in [-0.2, 0) is 5.41 Å². The molecule has 4 nitrogen and oxygen atoms in total. The van der Waals surface area contributed by atoms with Crippen LogP contribution in [0, 0.1) is 0 Å². The summed E-state index contributed by atoms with van der Waals surface area (Å²) in [6.45, 7) is 6.33. The molecule has 21 heavy (non-hydrogen) atoms. The van der Waals surface area contributed by atoms with Gasteiger partial charge in [0.1, 0.15) is 5.75 Å². The predicted molar refractivity (Wildman–Crippen MR) is 84.6 cm³/mol. The molecule has 1 amide bonds. The second-order valence-corrected chi connectivity index (χ2v) is 5.97. The van der Waals surface area contributed by atoms with Crippen molar-refractivity contribution in [1.82, 2.24) is 0 Å². The highest BCUT2D eigenvalue weighted by Gasteiger charge is 2.19. The number of rotatable bonds is 3. The number of ether oxygens (including phenoxy) is 1. The lowest BCUT2D eigenvalue weighted by atomic mass is 9.86. The minimum absolute atomic E-state index is 0.0628. The molecule has 0 aliphatic heterocycles. The Morgan fingerprint density at radius 3 is 2.33 bits per heavy atom. The number of hydrogen-bond acceptors (Lipinski definition) is 3. The van der Waals surface area contributed by atoms with Gasteiger partial charge in [-0.1, -0.05) is 39.0 Å². The van der Waals surface area contributed by atoms with Crippen LogP contribution in [0.5, 0.6) is 11.5 Å². The summed E-state index contributed by atoms with van der Waals surface area (Å²) in [7, 11) is 0. The second kappa shape index (κ2) is 5.48. The van der Waals surface area contributed by atoms with Gasteiger partial charge in [0.2, 0.25) is 5.91 Å². The van der Waals surface area contributed by atoms with Gasteiger partial charge in [-0.05, 0) is 29.7 Å². The summed E-state index contributed by atoms with van der Waals surface area (Å²) in [5, 5.41) is 0. The summed E-state index contributed by atoms with van der Waals surface area (Å²) in [5.41, 5.74) is 13.0. The highest BCUT2D eigenvalue weighted by molar-refractivity contribution is 5.93. The third kappa shape index (κ3) is 3.34. The Labute approximate surface area is 124 Å². The van der Waals surface area contributed by atoms with Crippen LogP contribution in [-0.4, -0.2) is 5.91 Å². The van der Waals surface area contributed by atoms with Gasteiger partial charge >= 0.3 is 0 Å². The van der Waals surface area contributed by atoms with Crippen molar-refractivity contribution in [3.05, 3.63) is 53.6 Å². The molecule has 0 bridgehead atoms. The van der Waals surface area contributed by atoms with Crippen LogP contribution < -0.4 is 16.2 Å². The fourth-order valence-corrected chi connectivity index (χ4v) is 2.07. The lowest BCUT2D eigenvalue weighted by Crippen LogP contribution is -2.13. The minimum Gasteiger partial charge on any atom is -0.455 e. The van der Waals surface area contributed by atoms with Gasteiger partial charge in [0.25, 0.3) is 0 Å². The Bertz CT molecular complexity index is 673. The maximum Gasteiger partial charge on any atom is 0.248 e. The van der Waals surface area contributed by atoms with E-state index in [0.717, 1.165) is 11.3 Å². The number of nitrogen functional groups attached to an aromatic ring is 1. The molecule has 4 heteroatoms. The van der Waals surface area contributed by atoms with Crippen LogP contribution in [0.4, 0.5) is 5.69 Å². The number of primary amides is 1. The maximum atomic E-state index is 11.3. The van der Waals surface area contributed by atoms with E-state index in [1.54, 1.807) is 18.2 Å². The van der Waals surface area contributed by atoms with Gasteiger partial charge in [0.05, 0.1) is 5.69 Å². The van der Waals surface area contributed by atoms with Crippen molar-refractivity contribution in [2.75, 3.05) is 5.73 Å². The molecule has 0 unspecified atom stereocenters. The minimum atomic E-state index is -0.510. The van der Waals surface area contributed by atoms with E-state index in [1.807, 2.05) is 24.3 Å². The van der Waals surface area contributed by atoms with E-state index in [9.17, 15) is 4.79 Å². The monoisotopic (exact) mass is 284 g/mol. The lowest BCUT2D eigenvalue weighted by Gasteiger charge is -2.23. The average Bonchev–Trinajstić information content (AvgIpc) is 2.40. The molecule has 2 rings (SSSR count). The maximum absolute atomic E-state index is 11.3. The second-order valence-electron chi connectivity index (χ2n) is 5.97. The number of hydrogen-bond donors (Lipinski definition) is 2. The van der Waals surface area contributed by atoms with Gasteiger partial charge in [0.15, 0.2) is 5.75 Å². The third-order valence-corrected chi connectivity index (χ3v) is 3.21. The van der Waals surface area contributed by atoms with E-state index in [0.29, 0.717) is 17.0 Å². The molecular formula is C17H20N2O2. The van der Waals surface area contributed by atoms with E-state index in [4.69, 9.17) is 16.2 Å². The first-order valence-corrected chi connectivity index (χ1v) is 6.76. The summed E-state index contributed by atoms with van der Waals surface area (Å²) in [6.07, 6.45) is 0. The molecule has 0 aliphatic rings. The number of carbonyl (C=O) groups is 1. The standard InChI is InChI=1S/C17H20N2O2/c1-17(2,3)12-6-4-5-7-14(12)21-15-10-11(16(19)20)8-9-13(15)18/h4-10H,18H2,1-3H3,(H2,19,20). The zero-order valence-electron chi connectivity index (χ0n) is 12.5. The molecule has 0 spiro atoms. The van der Waals surface area contributed by atoms with Crippen molar-refractivity contribution in [2.24, 2.45) is 5.73 Å². The number of carbonyl (C=O) groups excluding carboxylic acids is 1. The van der Waals surface area contributed by atoms with Crippen LogP contribution in [0.15, 0.2) is 42.5 Å². The predicted octanol–water partition coefficient (Wildman–Crippen LogP) is 3.46. The van der Waals surface area contributed by atoms with Crippen molar-refractivity contribution < 1.29 is 9.53 Å². The van der Waals surface area contributed by atoms with E-state index >= 15 is 0 Å². The van der Waals surface area contributed by atoms with Gasteiger partial charge in [-0.2, -0.15) is 0 Å². The van der Waals surface area contributed by atoms with Crippen LogP contribution >= 0.6 is 0 Å². The first-order valence-electron chi connectivity index (χ1n) is 6.76. The van der Waals surface area contributed by atoms with E-state index in [2.05, 4.69) is 20.8 Å². The van der Waals surface area contributed by atoms with Crippen molar-refractivity contribution in [2.45, 2.75) is 26.2 Å². The largest absolute Gasteiger partial charge is 0.455 e. The first-order chi connectivity index (χ1) is 9.79. The molecule has 110 valence electrons. The molecule has 2 aromatic rings. The topological polar surface area (TPSA) is 78.3 Å². The van der Waals surface area contributed by atoms with Crippen LogP contribution in [0.25, 0.3) is 0 Å². The molecule has 4 N–H and O–H groups in total. The summed E-state index contributed by atoms with van der Waals surface area (Å²) in [5.74, 6) is 0.644. The van der Waals surface area contributed by atoms with E-state index < -0.39 is 5.91 Å². The lowest BCUT2D eigenvalue weighted by molar-refractivity contribution is 0.1000. The van der Waals surface area contributed by atoms with Crippen molar-refractivity contribution in [1.29, 1.82) is 0 Å². The molecule has 0 saturated heterocycles. The van der Waals surface area contributed by atoms with Gasteiger partial charge < -0.3 is 16.2 Å². The molecule has 0 saturated carbocycles. The van der Waals surface area contributed by atoms with Crippen LogP contribution in [0.3, 0.4) is 0 Å². The quantitative estimate of drug-likeness (QED) is 0.847. The summed E-state index contributed by atoms with van der Waals surface area (Å²) < 4.78 is 5.92. The molecule has 0 aromatic heterocycles. The van der Waals surface area contributed by atoms with Gasteiger partial charge in [-0.15, -0.1) is 0 Å². The molecule has 0 radical (unpaired) electrons. The van der Waals surface area contributed by atoms with E-state index in [-0.39, 0.29) is 5.41 Å². The first kappa shape index (κ1) is 14.9. The van der Waals surface area contributed by atoms with Gasteiger partial charge in [0, 0.05) is 11.1 Å². The molecular weight excluding hydrogens is 264 g/mol. The zero-order valence-corrected chi connectivity index (χ0v) is 12.5. The number of amides is 1. The Kier molecular flexibility index (Phi) is 3.89. The Hall–Kier alpha value is -2.49. The molecule has 0 aliphatic carbocycles. The Morgan fingerprint density at radius 1 is 1.05 bits per heavy atom. The van der Waals surface area contributed by atoms with Gasteiger partial charge in [-0.3, -0.25) is 4.79 Å². The van der Waals surface area contributed by atoms with Crippen molar-refractivity contribution >= 4 is 11.6 Å². The van der Waals surface area contributed by atoms with Crippen LogP contribution in [0.1, 0.15) is 36.7 Å². The number of benzene rings is 2. The molecule has 2 aromatic carbocycles. The van der Waals surface area contributed by atoms with Crippen molar-refractivity contribution in [3.63, 3.8) is 0 Å². The SMILES string of the molecule is CC(C)(C)c1ccccc1Oc1cc(C(N)=O)ccc1N. The molecule has 0 fully saturated rings. The third-order valence-electron chi connectivity index (χ3n) is 3.21. The van der Waals surface area contributed by atoms with Crippen LogP contribution in [0.2, 0.25) is 0 Å². The average molecular weight is 284 g/mol. The highest BCUT2D eigenvalue weighted by atomic mass is 16.5. The van der Waals surface area contributed by atoms with Gasteiger partial charge in [-0.25, -0.2) is 0 Å². The fourth-order valence-electron chi connectivity index (χ4n) is 2.07. The van der Waals surface area contributed by atoms with E-state index in [1.165, 1.54) is 0 Å². The Morgan fingerprint density at radius 2 is 1.71 bits per heavy atom. The number of para-hydroxylation sites is 1. The van der Waals surface area contributed by atoms with Crippen molar-refractivity contribution in [3.8, 4) is 11.5 Å². The molecule has 0 atom stereocenters. The Balaban J connectivity index is 2.44. The summed E-state index contributed by atoms with van der Waals surface area (Å²) in [6, 6.07) is 12.5. The number of anilines is 1. The highest BCUT2D eigenvalue weighted by Crippen LogP contribution is 2.36. The molecule has 0 heterocycles. The zero-order chi connectivity index (χ0) is 15.6. The fraction of sp³-hybridized carbons (Fsp3) is 0.235. The summed E-state index contributed by atoms with van der Waals surface area (Å²) in [4.78, 5) is 11.3. The number of nitrogens with two attached hydrogens (primary N) is 2. The smallest absolute Gasteiger partial charge is 0.248 e. The normalized spacial score (nSPS) is 11.2. The summed E-state index contributed by atoms with van der Waals surface area (Å²) >= 11 is 0.